The molecule has 0 bridgehead atoms. The fraction of sp³-hybridized carbons (Fsp3) is 0.312. The number of carbonyl (C=O) groups is 2. The van der Waals surface area contributed by atoms with Crippen molar-refractivity contribution in [3.05, 3.63) is 34.6 Å². The number of aldehydes is 1. The largest absolute Gasteiger partial charge is 0.504 e. The van der Waals surface area contributed by atoms with E-state index in [1.165, 1.54) is 23.8 Å². The van der Waals surface area contributed by atoms with Crippen molar-refractivity contribution >= 4 is 46.8 Å². The second-order valence-electron chi connectivity index (χ2n) is 5.53. The van der Waals surface area contributed by atoms with Crippen molar-refractivity contribution in [2.45, 2.75) is 19.3 Å². The Morgan fingerprint density at radius 2 is 2.04 bits per heavy atom. The van der Waals surface area contributed by atoms with Gasteiger partial charge in [-0.1, -0.05) is 0 Å². The van der Waals surface area contributed by atoms with Crippen LogP contribution >= 0.6 is 23.7 Å². The van der Waals surface area contributed by atoms with Crippen LogP contribution in [-0.4, -0.2) is 35.4 Å². The van der Waals surface area contributed by atoms with Gasteiger partial charge in [-0.25, -0.2) is 9.37 Å². The Bertz CT molecular complexity index is 778. The first kappa shape index (κ1) is 19.1. The number of aromatic hydroxyl groups is 1. The molecule has 1 aliphatic rings. The lowest BCUT2D eigenvalue weighted by Crippen LogP contribution is -2.29. The van der Waals surface area contributed by atoms with Crippen molar-refractivity contribution in [2.75, 3.05) is 23.3 Å². The number of hydrogen-bond donors (Lipinski definition) is 2. The number of halogens is 2. The van der Waals surface area contributed by atoms with Crippen molar-refractivity contribution < 1.29 is 19.1 Å². The van der Waals surface area contributed by atoms with E-state index in [2.05, 4.69) is 15.2 Å². The highest BCUT2D eigenvalue weighted by molar-refractivity contribution is 7.14. The molecular weight excluding hydrogens is 369 g/mol. The average molecular weight is 386 g/mol. The molecule has 2 aromatic rings. The lowest BCUT2D eigenvalue weighted by atomic mass is 10.1. The van der Waals surface area contributed by atoms with Gasteiger partial charge in [-0.15, -0.1) is 23.7 Å². The number of piperidine rings is 1. The first-order chi connectivity index (χ1) is 11.6. The number of rotatable bonds is 4. The number of carbonyl (C=O) groups excluding carboxylic acids is 2. The summed E-state index contributed by atoms with van der Waals surface area (Å²) >= 11 is 1.39. The van der Waals surface area contributed by atoms with Crippen LogP contribution in [0.2, 0.25) is 0 Å². The molecule has 6 nitrogen and oxygen atoms in total. The fourth-order valence-corrected chi connectivity index (χ4v) is 3.44. The Kier molecular flexibility index (Phi) is 6.33. The zero-order valence-corrected chi connectivity index (χ0v) is 14.8. The monoisotopic (exact) mass is 385 g/mol. The number of nitrogens with one attached hydrogen (secondary N) is 1. The molecule has 2 heterocycles. The van der Waals surface area contributed by atoms with Crippen LogP contribution in [0.4, 0.5) is 15.2 Å². The van der Waals surface area contributed by atoms with Gasteiger partial charge in [0.15, 0.2) is 23.0 Å². The molecule has 1 aliphatic heterocycles. The number of nitrogens with zero attached hydrogens (tertiary/aromatic N) is 2. The van der Waals surface area contributed by atoms with Gasteiger partial charge in [-0.3, -0.25) is 9.59 Å². The van der Waals surface area contributed by atoms with Crippen molar-refractivity contribution in [3.63, 3.8) is 0 Å². The summed E-state index contributed by atoms with van der Waals surface area (Å²) in [6.45, 7) is 1.86. The molecule has 9 heteroatoms. The molecule has 1 amide bonds. The SMILES string of the molecule is Cl.O=Cc1cc(NC(=O)c2csc(N3CCCCC3)n2)cc(F)c1O. The molecule has 0 radical (unpaired) electrons. The van der Waals surface area contributed by atoms with Gasteiger partial charge in [0.25, 0.3) is 5.91 Å². The van der Waals surface area contributed by atoms with E-state index >= 15 is 0 Å². The first-order valence-electron chi connectivity index (χ1n) is 7.58. The number of phenols is 1. The van der Waals surface area contributed by atoms with E-state index in [1.807, 2.05) is 0 Å². The Labute approximate surface area is 154 Å². The van der Waals surface area contributed by atoms with Gasteiger partial charge in [0.2, 0.25) is 0 Å². The van der Waals surface area contributed by atoms with E-state index in [-0.39, 0.29) is 29.4 Å². The molecule has 3 rings (SSSR count). The van der Waals surface area contributed by atoms with E-state index in [0.29, 0.717) is 6.29 Å². The van der Waals surface area contributed by atoms with Crippen LogP contribution in [0.25, 0.3) is 0 Å². The molecule has 0 saturated carbocycles. The lowest BCUT2D eigenvalue weighted by molar-refractivity contribution is 0.102. The molecule has 0 spiro atoms. The Balaban J connectivity index is 0.00000225. The highest BCUT2D eigenvalue weighted by Gasteiger charge is 2.18. The van der Waals surface area contributed by atoms with E-state index < -0.39 is 17.5 Å². The highest BCUT2D eigenvalue weighted by atomic mass is 35.5. The molecule has 0 atom stereocenters. The minimum atomic E-state index is -0.970. The van der Waals surface area contributed by atoms with E-state index in [1.54, 1.807) is 5.38 Å². The molecule has 134 valence electrons. The number of anilines is 2. The van der Waals surface area contributed by atoms with Crippen molar-refractivity contribution in [1.82, 2.24) is 4.98 Å². The van der Waals surface area contributed by atoms with Crippen LogP contribution in [0.5, 0.6) is 5.75 Å². The lowest BCUT2D eigenvalue weighted by Gasteiger charge is -2.25. The summed E-state index contributed by atoms with van der Waals surface area (Å²) in [5, 5.41) is 14.3. The molecule has 1 aromatic heterocycles. The van der Waals surface area contributed by atoms with Crippen LogP contribution in [0.1, 0.15) is 40.1 Å². The Morgan fingerprint density at radius 3 is 2.72 bits per heavy atom. The molecule has 0 unspecified atom stereocenters. The zero-order chi connectivity index (χ0) is 17.1. The first-order valence-corrected chi connectivity index (χ1v) is 8.46. The molecule has 1 saturated heterocycles. The quantitative estimate of drug-likeness (QED) is 0.622. The highest BCUT2D eigenvalue weighted by Crippen LogP contribution is 2.26. The van der Waals surface area contributed by atoms with Crippen LogP contribution in [0.3, 0.4) is 0 Å². The third-order valence-corrected chi connectivity index (χ3v) is 4.73. The van der Waals surface area contributed by atoms with Crippen molar-refractivity contribution in [1.29, 1.82) is 0 Å². The normalized spacial score (nSPS) is 13.9. The average Bonchev–Trinajstić information content (AvgIpc) is 3.09. The maximum absolute atomic E-state index is 13.5. The van der Waals surface area contributed by atoms with Crippen LogP contribution in [0, 0.1) is 5.82 Å². The standard InChI is InChI=1S/C16H16FN3O3S.ClH/c17-12-7-11(6-10(8-21)14(12)22)18-15(23)13-9-24-16(19-13)20-4-2-1-3-5-20;/h6-9,22H,1-5H2,(H,18,23);1H. The van der Waals surface area contributed by atoms with Crippen molar-refractivity contribution in [2.24, 2.45) is 0 Å². The Hall–Kier alpha value is -2.19. The second-order valence-corrected chi connectivity index (χ2v) is 6.37. The van der Waals surface area contributed by atoms with Gasteiger partial charge >= 0.3 is 0 Å². The summed E-state index contributed by atoms with van der Waals surface area (Å²) in [5.41, 5.74) is 0.101. The summed E-state index contributed by atoms with van der Waals surface area (Å²) in [6, 6.07) is 2.17. The van der Waals surface area contributed by atoms with Gasteiger partial charge < -0.3 is 15.3 Å². The number of aromatic nitrogens is 1. The molecule has 1 fully saturated rings. The smallest absolute Gasteiger partial charge is 0.275 e. The number of phenolic OH excluding ortho intramolecular Hbond substituents is 1. The summed E-state index contributed by atoms with van der Waals surface area (Å²) in [4.78, 5) is 29.5. The van der Waals surface area contributed by atoms with E-state index in [4.69, 9.17) is 0 Å². The summed E-state index contributed by atoms with van der Waals surface area (Å²) < 4.78 is 13.5. The van der Waals surface area contributed by atoms with E-state index in [0.717, 1.165) is 37.1 Å². The summed E-state index contributed by atoms with van der Waals surface area (Å²) in [6.07, 6.45) is 3.76. The van der Waals surface area contributed by atoms with Gasteiger partial charge in [-0.2, -0.15) is 0 Å². The van der Waals surface area contributed by atoms with Gasteiger partial charge in [0, 0.05) is 30.2 Å². The van der Waals surface area contributed by atoms with Gasteiger partial charge in [0.1, 0.15) is 5.69 Å². The van der Waals surface area contributed by atoms with Gasteiger partial charge in [0.05, 0.1) is 5.56 Å². The molecule has 2 N–H and O–H groups in total. The number of hydrogen-bond acceptors (Lipinski definition) is 6. The molecule has 1 aromatic carbocycles. The van der Waals surface area contributed by atoms with Crippen molar-refractivity contribution in [3.8, 4) is 5.75 Å². The Morgan fingerprint density at radius 1 is 1.32 bits per heavy atom. The minimum Gasteiger partial charge on any atom is -0.504 e. The van der Waals surface area contributed by atoms with E-state index in [9.17, 15) is 19.1 Å². The zero-order valence-electron chi connectivity index (χ0n) is 13.2. The van der Waals surface area contributed by atoms with Gasteiger partial charge in [-0.05, 0) is 25.3 Å². The maximum atomic E-state index is 13.5. The molecule has 25 heavy (non-hydrogen) atoms. The number of benzene rings is 1. The number of amides is 1. The fourth-order valence-electron chi connectivity index (χ4n) is 2.58. The van der Waals surface area contributed by atoms with Crippen LogP contribution in [0.15, 0.2) is 17.5 Å². The molecule has 0 aliphatic carbocycles. The maximum Gasteiger partial charge on any atom is 0.275 e. The summed E-state index contributed by atoms with van der Waals surface area (Å²) in [7, 11) is 0. The van der Waals surface area contributed by atoms with Crippen LogP contribution in [-0.2, 0) is 0 Å². The topological polar surface area (TPSA) is 82.5 Å². The van der Waals surface area contributed by atoms with Crippen LogP contribution < -0.4 is 10.2 Å². The predicted molar refractivity (Wildman–Crippen MR) is 96.8 cm³/mol. The third kappa shape index (κ3) is 4.26. The third-order valence-electron chi connectivity index (χ3n) is 3.83. The number of thiazole rings is 1. The second kappa shape index (κ2) is 8.26. The minimum absolute atomic E-state index is 0. The predicted octanol–water partition coefficient (Wildman–Crippen LogP) is 3.46. The summed E-state index contributed by atoms with van der Waals surface area (Å²) in [5.74, 6) is -2.19. The molecular formula is C16H17ClFN3O3S.